The summed E-state index contributed by atoms with van der Waals surface area (Å²) in [5, 5.41) is 8.09. The number of carbonyl (C=O) groups excluding carboxylic acids is 1. The molecule has 0 spiro atoms. The maximum Gasteiger partial charge on any atom is 0.325 e. The van der Waals surface area contributed by atoms with Gasteiger partial charge in [0.05, 0.1) is 5.69 Å². The van der Waals surface area contributed by atoms with Crippen molar-refractivity contribution >= 4 is 28.2 Å². The second-order valence-electron chi connectivity index (χ2n) is 4.80. The summed E-state index contributed by atoms with van der Waals surface area (Å²) in [4.78, 5) is 16.5. The fraction of sp³-hybridized carbons (Fsp3) is 0.0588. The van der Waals surface area contributed by atoms with Gasteiger partial charge in [-0.1, -0.05) is 48.5 Å². The summed E-state index contributed by atoms with van der Waals surface area (Å²) in [7, 11) is 0. The number of thiazole rings is 1. The van der Waals surface area contributed by atoms with Crippen molar-refractivity contribution in [3.8, 4) is 11.3 Å². The van der Waals surface area contributed by atoms with Gasteiger partial charge in [0.2, 0.25) is 0 Å². The minimum absolute atomic E-state index is 0.289. The van der Waals surface area contributed by atoms with Crippen LogP contribution in [0.5, 0.6) is 0 Å². The second-order valence-corrected chi connectivity index (χ2v) is 5.66. The Morgan fingerprint density at radius 3 is 2.50 bits per heavy atom. The number of rotatable bonds is 3. The Bertz CT molecular complexity index is 783. The van der Waals surface area contributed by atoms with E-state index in [0.717, 1.165) is 22.5 Å². The molecule has 2 aromatic carbocycles. The van der Waals surface area contributed by atoms with E-state index in [1.165, 1.54) is 11.3 Å². The molecule has 0 bridgehead atoms. The largest absolute Gasteiger partial charge is 0.325 e. The molecule has 0 saturated carbocycles. The molecule has 5 heteroatoms. The highest BCUT2D eigenvalue weighted by molar-refractivity contribution is 7.14. The number of aromatic nitrogens is 1. The minimum Gasteiger partial charge on any atom is -0.307 e. The van der Waals surface area contributed by atoms with Crippen molar-refractivity contribution in [1.82, 2.24) is 4.98 Å². The predicted octanol–water partition coefficient (Wildman–Crippen LogP) is 4.76. The molecular formula is C17H15N3OS. The number of urea groups is 1. The lowest BCUT2D eigenvalue weighted by Gasteiger charge is -2.07. The second kappa shape index (κ2) is 6.41. The first-order chi connectivity index (χ1) is 10.7. The average molecular weight is 309 g/mol. The smallest absolute Gasteiger partial charge is 0.307 e. The number of benzene rings is 2. The van der Waals surface area contributed by atoms with Crippen molar-refractivity contribution in [2.75, 3.05) is 10.6 Å². The van der Waals surface area contributed by atoms with Gasteiger partial charge >= 0.3 is 6.03 Å². The third-order valence-electron chi connectivity index (χ3n) is 3.19. The maximum absolute atomic E-state index is 12.0. The Hall–Kier alpha value is -2.66. The SMILES string of the molecule is Cc1ccccc1NC(=O)Nc1nc(-c2ccccc2)cs1. The van der Waals surface area contributed by atoms with E-state index in [-0.39, 0.29) is 6.03 Å². The summed E-state index contributed by atoms with van der Waals surface area (Å²) in [6, 6.07) is 17.2. The number of anilines is 2. The molecule has 0 aliphatic heterocycles. The molecule has 110 valence electrons. The molecule has 2 N–H and O–H groups in total. The van der Waals surface area contributed by atoms with E-state index >= 15 is 0 Å². The van der Waals surface area contributed by atoms with Crippen LogP contribution in [0.3, 0.4) is 0 Å². The molecule has 0 aliphatic carbocycles. The number of amides is 2. The van der Waals surface area contributed by atoms with Gasteiger partial charge in [0.1, 0.15) is 0 Å². The van der Waals surface area contributed by atoms with E-state index in [0.29, 0.717) is 5.13 Å². The number of hydrogen-bond acceptors (Lipinski definition) is 3. The van der Waals surface area contributed by atoms with Crippen LogP contribution in [-0.2, 0) is 0 Å². The number of hydrogen-bond donors (Lipinski definition) is 2. The minimum atomic E-state index is -0.289. The van der Waals surface area contributed by atoms with E-state index in [1.807, 2.05) is 66.9 Å². The molecule has 0 fully saturated rings. The van der Waals surface area contributed by atoms with Crippen LogP contribution >= 0.6 is 11.3 Å². The molecule has 0 radical (unpaired) electrons. The Morgan fingerprint density at radius 1 is 1.00 bits per heavy atom. The highest BCUT2D eigenvalue weighted by Gasteiger charge is 2.08. The van der Waals surface area contributed by atoms with Crippen LogP contribution in [0.25, 0.3) is 11.3 Å². The predicted molar refractivity (Wildman–Crippen MR) is 91.4 cm³/mol. The third-order valence-corrected chi connectivity index (χ3v) is 3.95. The summed E-state index contributed by atoms with van der Waals surface area (Å²) in [5.74, 6) is 0. The van der Waals surface area contributed by atoms with E-state index in [9.17, 15) is 4.79 Å². The van der Waals surface area contributed by atoms with Crippen LogP contribution in [0.1, 0.15) is 5.56 Å². The average Bonchev–Trinajstić information content (AvgIpc) is 2.99. The summed E-state index contributed by atoms with van der Waals surface area (Å²) in [5.41, 5.74) is 3.70. The van der Waals surface area contributed by atoms with Gasteiger partial charge in [-0.25, -0.2) is 9.78 Å². The topological polar surface area (TPSA) is 54.0 Å². The van der Waals surface area contributed by atoms with Crippen LogP contribution in [0.4, 0.5) is 15.6 Å². The van der Waals surface area contributed by atoms with Crippen LogP contribution < -0.4 is 10.6 Å². The number of nitrogens with zero attached hydrogens (tertiary/aromatic N) is 1. The van der Waals surface area contributed by atoms with E-state index in [4.69, 9.17) is 0 Å². The molecule has 4 nitrogen and oxygen atoms in total. The molecule has 0 saturated heterocycles. The summed E-state index contributed by atoms with van der Waals surface area (Å²) in [6.45, 7) is 1.95. The Labute approximate surface area is 132 Å². The van der Waals surface area contributed by atoms with Gasteiger partial charge in [-0.15, -0.1) is 11.3 Å². The highest BCUT2D eigenvalue weighted by Crippen LogP contribution is 2.24. The van der Waals surface area contributed by atoms with Crippen molar-refractivity contribution in [2.24, 2.45) is 0 Å². The van der Waals surface area contributed by atoms with Gasteiger partial charge in [-0.3, -0.25) is 5.32 Å². The van der Waals surface area contributed by atoms with Gasteiger partial charge in [0.15, 0.2) is 5.13 Å². The van der Waals surface area contributed by atoms with Crippen LogP contribution in [0.15, 0.2) is 60.0 Å². The first-order valence-electron chi connectivity index (χ1n) is 6.87. The summed E-state index contributed by atoms with van der Waals surface area (Å²) < 4.78 is 0. The van der Waals surface area contributed by atoms with Crippen molar-refractivity contribution in [3.05, 3.63) is 65.5 Å². The number of aryl methyl sites for hydroxylation is 1. The lowest BCUT2D eigenvalue weighted by atomic mass is 10.2. The quantitative estimate of drug-likeness (QED) is 0.732. The lowest BCUT2D eigenvalue weighted by molar-refractivity contribution is 0.262. The molecule has 2 amide bonds. The van der Waals surface area contributed by atoms with Crippen molar-refractivity contribution < 1.29 is 4.79 Å². The standard InChI is InChI=1S/C17H15N3OS/c1-12-7-5-6-10-14(12)18-16(21)20-17-19-15(11-22-17)13-8-3-2-4-9-13/h2-11H,1H3,(H2,18,19,20,21). The number of carbonyl (C=O) groups is 1. The molecule has 3 aromatic rings. The fourth-order valence-electron chi connectivity index (χ4n) is 2.04. The maximum atomic E-state index is 12.0. The molecule has 3 rings (SSSR count). The Morgan fingerprint density at radius 2 is 1.73 bits per heavy atom. The van der Waals surface area contributed by atoms with Gasteiger partial charge < -0.3 is 5.32 Å². The molecular weight excluding hydrogens is 294 g/mol. The number of nitrogens with one attached hydrogen (secondary N) is 2. The lowest BCUT2D eigenvalue weighted by Crippen LogP contribution is -2.19. The van der Waals surface area contributed by atoms with Crippen LogP contribution in [-0.4, -0.2) is 11.0 Å². The van der Waals surface area contributed by atoms with Crippen LogP contribution in [0.2, 0.25) is 0 Å². The summed E-state index contributed by atoms with van der Waals surface area (Å²) >= 11 is 1.40. The first kappa shape index (κ1) is 14.3. The number of para-hydroxylation sites is 1. The molecule has 0 aliphatic rings. The van der Waals surface area contributed by atoms with Gasteiger partial charge in [-0.2, -0.15) is 0 Å². The Balaban J connectivity index is 1.68. The third kappa shape index (κ3) is 3.32. The zero-order valence-corrected chi connectivity index (χ0v) is 12.9. The van der Waals surface area contributed by atoms with Gasteiger partial charge in [0.25, 0.3) is 0 Å². The summed E-state index contributed by atoms with van der Waals surface area (Å²) in [6.07, 6.45) is 0. The van der Waals surface area contributed by atoms with Crippen molar-refractivity contribution in [2.45, 2.75) is 6.92 Å². The van der Waals surface area contributed by atoms with E-state index in [1.54, 1.807) is 0 Å². The molecule has 1 heterocycles. The molecule has 1 aromatic heterocycles. The normalized spacial score (nSPS) is 10.2. The Kier molecular flexibility index (Phi) is 4.16. The highest BCUT2D eigenvalue weighted by atomic mass is 32.1. The zero-order valence-electron chi connectivity index (χ0n) is 12.0. The molecule has 0 unspecified atom stereocenters. The van der Waals surface area contributed by atoms with Gasteiger partial charge in [-0.05, 0) is 18.6 Å². The molecule has 0 atom stereocenters. The van der Waals surface area contributed by atoms with Crippen molar-refractivity contribution in [3.63, 3.8) is 0 Å². The molecule has 22 heavy (non-hydrogen) atoms. The first-order valence-corrected chi connectivity index (χ1v) is 7.75. The monoisotopic (exact) mass is 309 g/mol. The van der Waals surface area contributed by atoms with E-state index in [2.05, 4.69) is 15.6 Å². The fourth-order valence-corrected chi connectivity index (χ4v) is 2.75. The zero-order chi connectivity index (χ0) is 15.4. The van der Waals surface area contributed by atoms with Gasteiger partial charge in [0, 0.05) is 16.6 Å². The van der Waals surface area contributed by atoms with Crippen LogP contribution in [0, 0.1) is 6.92 Å². The van der Waals surface area contributed by atoms with E-state index < -0.39 is 0 Å². The van der Waals surface area contributed by atoms with Crippen molar-refractivity contribution in [1.29, 1.82) is 0 Å².